The average molecular weight is 317 g/mol. The number of aromatic nitrogens is 1. The Kier molecular flexibility index (Phi) is 3.22. The number of hydrogen-bond acceptors (Lipinski definition) is 3. The molecule has 1 N–H and O–H groups in total. The SMILES string of the molecule is Cc1onc(-c2ccc(Cl)cc2Br)c1C(=O)O. The molecule has 6 heteroatoms. The summed E-state index contributed by atoms with van der Waals surface area (Å²) in [6.07, 6.45) is 0. The van der Waals surface area contributed by atoms with E-state index < -0.39 is 5.97 Å². The monoisotopic (exact) mass is 315 g/mol. The number of carbonyl (C=O) groups is 1. The molecule has 0 saturated carbocycles. The van der Waals surface area contributed by atoms with E-state index in [-0.39, 0.29) is 11.3 Å². The zero-order chi connectivity index (χ0) is 12.6. The normalized spacial score (nSPS) is 10.5. The van der Waals surface area contributed by atoms with Crippen LogP contribution in [0, 0.1) is 6.92 Å². The Morgan fingerprint density at radius 3 is 2.82 bits per heavy atom. The summed E-state index contributed by atoms with van der Waals surface area (Å²) in [4.78, 5) is 11.1. The van der Waals surface area contributed by atoms with Crippen molar-refractivity contribution < 1.29 is 14.4 Å². The molecule has 4 nitrogen and oxygen atoms in total. The van der Waals surface area contributed by atoms with Crippen LogP contribution in [0.3, 0.4) is 0 Å². The van der Waals surface area contributed by atoms with Crippen LogP contribution >= 0.6 is 27.5 Å². The highest BCUT2D eigenvalue weighted by molar-refractivity contribution is 9.10. The molecule has 1 aromatic carbocycles. The molecule has 0 aliphatic heterocycles. The number of benzene rings is 1. The lowest BCUT2D eigenvalue weighted by molar-refractivity contribution is 0.0696. The summed E-state index contributed by atoms with van der Waals surface area (Å²) < 4.78 is 5.58. The van der Waals surface area contributed by atoms with Crippen molar-refractivity contribution in [2.45, 2.75) is 6.92 Å². The third-order valence-corrected chi connectivity index (χ3v) is 3.15. The molecule has 0 amide bonds. The summed E-state index contributed by atoms with van der Waals surface area (Å²) >= 11 is 9.14. The van der Waals surface area contributed by atoms with Crippen molar-refractivity contribution in [3.8, 4) is 11.3 Å². The van der Waals surface area contributed by atoms with Gasteiger partial charge in [0.2, 0.25) is 0 Å². The van der Waals surface area contributed by atoms with E-state index in [1.165, 1.54) is 0 Å². The summed E-state index contributed by atoms with van der Waals surface area (Å²) in [7, 11) is 0. The Bertz CT molecular complexity index is 594. The standard InChI is InChI=1S/C11H7BrClNO3/c1-5-9(11(15)16)10(14-17-5)7-3-2-6(13)4-8(7)12/h2-4H,1H3,(H,15,16). The molecule has 2 rings (SSSR count). The van der Waals surface area contributed by atoms with Crippen LogP contribution in [0.25, 0.3) is 11.3 Å². The number of carboxylic acid groups (broad SMARTS) is 1. The molecule has 0 aliphatic carbocycles. The second kappa shape index (κ2) is 4.50. The average Bonchev–Trinajstić information content (AvgIpc) is 2.60. The van der Waals surface area contributed by atoms with Crippen LogP contribution in [-0.4, -0.2) is 16.2 Å². The highest BCUT2D eigenvalue weighted by Crippen LogP contribution is 2.33. The van der Waals surface area contributed by atoms with Gasteiger partial charge in [-0.3, -0.25) is 0 Å². The minimum absolute atomic E-state index is 0.0630. The lowest BCUT2D eigenvalue weighted by atomic mass is 10.1. The number of nitrogens with zero attached hydrogens (tertiary/aromatic N) is 1. The van der Waals surface area contributed by atoms with Gasteiger partial charge in [0.1, 0.15) is 17.0 Å². The molecule has 1 heterocycles. The Morgan fingerprint density at radius 1 is 1.53 bits per heavy atom. The molecule has 2 aromatic rings. The molecule has 0 fully saturated rings. The highest BCUT2D eigenvalue weighted by atomic mass is 79.9. The van der Waals surface area contributed by atoms with Crippen LogP contribution in [0.5, 0.6) is 0 Å². The van der Waals surface area contributed by atoms with Gasteiger partial charge >= 0.3 is 5.97 Å². The van der Waals surface area contributed by atoms with Gasteiger partial charge in [0.25, 0.3) is 0 Å². The molecule has 1 aromatic heterocycles. The van der Waals surface area contributed by atoms with Gasteiger partial charge in [-0.1, -0.05) is 38.8 Å². The van der Waals surface area contributed by atoms with E-state index in [1.54, 1.807) is 25.1 Å². The van der Waals surface area contributed by atoms with Gasteiger partial charge in [-0.2, -0.15) is 0 Å². The maximum Gasteiger partial charge on any atom is 0.341 e. The van der Waals surface area contributed by atoms with Crippen molar-refractivity contribution >= 4 is 33.5 Å². The molecule has 88 valence electrons. The van der Waals surface area contributed by atoms with Crippen LogP contribution < -0.4 is 0 Å². The number of halogens is 2. The van der Waals surface area contributed by atoms with Crippen molar-refractivity contribution in [3.63, 3.8) is 0 Å². The topological polar surface area (TPSA) is 63.3 Å². The predicted octanol–water partition coefficient (Wildman–Crippen LogP) is 3.76. The molecule has 0 radical (unpaired) electrons. The molecule has 0 saturated heterocycles. The largest absolute Gasteiger partial charge is 0.477 e. The fourth-order valence-electron chi connectivity index (χ4n) is 1.49. The second-order valence-corrected chi connectivity index (χ2v) is 4.68. The first-order valence-electron chi connectivity index (χ1n) is 4.65. The van der Waals surface area contributed by atoms with Gasteiger partial charge in [-0.05, 0) is 19.1 Å². The fraction of sp³-hybridized carbons (Fsp3) is 0.0909. The van der Waals surface area contributed by atoms with Gasteiger partial charge in [-0.25, -0.2) is 4.79 Å². The molecular weight excluding hydrogens is 309 g/mol. The van der Waals surface area contributed by atoms with Gasteiger partial charge in [0, 0.05) is 15.1 Å². The van der Waals surface area contributed by atoms with Crippen LogP contribution in [0.1, 0.15) is 16.1 Å². The smallest absolute Gasteiger partial charge is 0.341 e. The summed E-state index contributed by atoms with van der Waals surface area (Å²) in [5.74, 6) is -0.796. The Morgan fingerprint density at radius 2 is 2.24 bits per heavy atom. The summed E-state index contributed by atoms with van der Waals surface area (Å²) in [5, 5.41) is 13.4. The first-order chi connectivity index (χ1) is 8.00. The predicted molar refractivity (Wildman–Crippen MR) is 66.3 cm³/mol. The second-order valence-electron chi connectivity index (χ2n) is 3.39. The number of aryl methyl sites for hydroxylation is 1. The Hall–Kier alpha value is -1.33. The summed E-state index contributed by atoms with van der Waals surface area (Å²) in [5.41, 5.74) is 0.982. The van der Waals surface area contributed by atoms with Crippen LogP contribution in [0.15, 0.2) is 27.2 Å². The number of hydrogen-bond donors (Lipinski definition) is 1. The molecule has 17 heavy (non-hydrogen) atoms. The number of carboxylic acids is 1. The lowest BCUT2D eigenvalue weighted by Gasteiger charge is -2.02. The first kappa shape index (κ1) is 12.1. The van der Waals surface area contributed by atoms with Gasteiger partial charge < -0.3 is 9.63 Å². The molecular formula is C11H7BrClNO3. The third kappa shape index (κ3) is 2.21. The minimum Gasteiger partial charge on any atom is -0.477 e. The molecule has 0 aliphatic rings. The minimum atomic E-state index is -1.07. The van der Waals surface area contributed by atoms with E-state index in [2.05, 4.69) is 21.1 Å². The third-order valence-electron chi connectivity index (χ3n) is 2.26. The van der Waals surface area contributed by atoms with E-state index in [9.17, 15) is 4.79 Å². The van der Waals surface area contributed by atoms with E-state index in [4.69, 9.17) is 21.2 Å². The van der Waals surface area contributed by atoms with Crippen LogP contribution in [-0.2, 0) is 0 Å². The summed E-state index contributed by atoms with van der Waals surface area (Å²) in [6, 6.07) is 5.03. The van der Waals surface area contributed by atoms with Gasteiger partial charge in [0.15, 0.2) is 0 Å². The van der Waals surface area contributed by atoms with Crippen molar-refractivity contribution in [1.29, 1.82) is 0 Å². The fourth-order valence-corrected chi connectivity index (χ4v) is 2.36. The zero-order valence-electron chi connectivity index (χ0n) is 8.70. The van der Waals surface area contributed by atoms with Crippen molar-refractivity contribution in [3.05, 3.63) is 39.0 Å². The molecule has 0 bridgehead atoms. The quantitative estimate of drug-likeness (QED) is 0.916. The van der Waals surface area contributed by atoms with Crippen LogP contribution in [0.4, 0.5) is 0 Å². The first-order valence-corrected chi connectivity index (χ1v) is 5.82. The zero-order valence-corrected chi connectivity index (χ0v) is 11.0. The summed E-state index contributed by atoms with van der Waals surface area (Å²) in [6.45, 7) is 1.56. The van der Waals surface area contributed by atoms with E-state index in [1.807, 2.05) is 0 Å². The van der Waals surface area contributed by atoms with Gasteiger partial charge in [-0.15, -0.1) is 0 Å². The number of aromatic carboxylic acids is 1. The van der Waals surface area contributed by atoms with Gasteiger partial charge in [0.05, 0.1) is 0 Å². The van der Waals surface area contributed by atoms with Crippen LogP contribution in [0.2, 0.25) is 5.02 Å². The van der Waals surface area contributed by atoms with Crippen molar-refractivity contribution in [2.75, 3.05) is 0 Å². The van der Waals surface area contributed by atoms with Crippen molar-refractivity contribution in [1.82, 2.24) is 5.16 Å². The highest BCUT2D eigenvalue weighted by Gasteiger charge is 2.22. The van der Waals surface area contributed by atoms with Crippen molar-refractivity contribution in [2.24, 2.45) is 0 Å². The maximum absolute atomic E-state index is 11.1. The lowest BCUT2D eigenvalue weighted by Crippen LogP contribution is -1.99. The Labute approximate surface area is 110 Å². The Balaban J connectivity index is 2.65. The maximum atomic E-state index is 11.1. The molecule has 0 spiro atoms. The molecule has 0 atom stereocenters. The molecule has 0 unspecified atom stereocenters. The van der Waals surface area contributed by atoms with E-state index in [0.717, 1.165) is 0 Å². The number of rotatable bonds is 2. The van der Waals surface area contributed by atoms with E-state index in [0.29, 0.717) is 20.8 Å². The van der Waals surface area contributed by atoms with E-state index >= 15 is 0 Å².